The van der Waals surface area contributed by atoms with Gasteiger partial charge in [-0.3, -0.25) is 9.69 Å². The maximum Gasteiger partial charge on any atom is 0.324 e. The van der Waals surface area contributed by atoms with Crippen LogP contribution in [0.4, 0.5) is 4.79 Å². The molecule has 0 aliphatic carbocycles. The van der Waals surface area contributed by atoms with Crippen molar-refractivity contribution in [3.05, 3.63) is 29.3 Å². The van der Waals surface area contributed by atoms with Crippen LogP contribution in [-0.4, -0.2) is 80.3 Å². The lowest BCUT2D eigenvalue weighted by atomic mass is 10.3. The van der Waals surface area contributed by atoms with Crippen LogP contribution in [0.1, 0.15) is 6.42 Å². The van der Waals surface area contributed by atoms with Gasteiger partial charge in [0.1, 0.15) is 0 Å². The molecule has 2 aliphatic heterocycles. The number of hydrogen-bond acceptors (Lipinski definition) is 5. The SMILES string of the molecule is O=C1CNC(=O)N1CCCN1CCN(S(=O)(=O)c2ccc(Cl)cc2)CC1. The average Bonchev–Trinajstić information content (AvgIpc) is 2.94. The molecule has 10 heteroatoms. The molecule has 3 rings (SSSR count). The number of halogens is 1. The second kappa shape index (κ2) is 7.91. The Labute approximate surface area is 157 Å². The molecule has 0 atom stereocenters. The second-order valence-electron chi connectivity index (χ2n) is 6.26. The van der Waals surface area contributed by atoms with Crippen molar-refractivity contribution in [2.45, 2.75) is 11.3 Å². The van der Waals surface area contributed by atoms with Crippen molar-refractivity contribution in [1.29, 1.82) is 0 Å². The van der Waals surface area contributed by atoms with E-state index in [1.54, 1.807) is 12.1 Å². The van der Waals surface area contributed by atoms with E-state index in [4.69, 9.17) is 11.6 Å². The van der Waals surface area contributed by atoms with Gasteiger partial charge in [-0.1, -0.05) is 11.6 Å². The van der Waals surface area contributed by atoms with Crippen molar-refractivity contribution in [2.24, 2.45) is 0 Å². The van der Waals surface area contributed by atoms with Crippen molar-refractivity contribution in [3.8, 4) is 0 Å². The van der Waals surface area contributed by atoms with Gasteiger partial charge in [0.2, 0.25) is 15.9 Å². The van der Waals surface area contributed by atoms with E-state index in [1.807, 2.05) is 0 Å². The van der Waals surface area contributed by atoms with Crippen LogP contribution in [0.15, 0.2) is 29.2 Å². The van der Waals surface area contributed by atoms with E-state index >= 15 is 0 Å². The molecule has 2 heterocycles. The van der Waals surface area contributed by atoms with Crippen LogP contribution >= 0.6 is 11.6 Å². The van der Waals surface area contributed by atoms with Crippen LogP contribution in [0, 0.1) is 0 Å². The summed E-state index contributed by atoms with van der Waals surface area (Å²) in [7, 11) is -3.51. The quantitative estimate of drug-likeness (QED) is 0.706. The molecular formula is C16H21ClN4O4S. The van der Waals surface area contributed by atoms with Crippen molar-refractivity contribution in [1.82, 2.24) is 19.4 Å². The maximum absolute atomic E-state index is 12.6. The van der Waals surface area contributed by atoms with Crippen molar-refractivity contribution >= 4 is 33.6 Å². The first kappa shape index (κ1) is 19.1. The van der Waals surface area contributed by atoms with E-state index in [-0.39, 0.29) is 23.4 Å². The third-order valence-electron chi connectivity index (χ3n) is 4.58. The third-order valence-corrected chi connectivity index (χ3v) is 6.74. The van der Waals surface area contributed by atoms with Gasteiger partial charge in [0.25, 0.3) is 0 Å². The lowest BCUT2D eigenvalue weighted by Crippen LogP contribution is -2.49. The zero-order valence-corrected chi connectivity index (χ0v) is 15.8. The van der Waals surface area contributed by atoms with Crippen LogP contribution in [0.2, 0.25) is 5.02 Å². The number of sulfonamides is 1. The summed E-state index contributed by atoms with van der Waals surface area (Å²) >= 11 is 5.82. The predicted octanol–water partition coefficient (Wildman–Crippen LogP) is 0.588. The van der Waals surface area contributed by atoms with Gasteiger partial charge >= 0.3 is 6.03 Å². The van der Waals surface area contributed by atoms with E-state index in [2.05, 4.69) is 10.2 Å². The molecule has 1 aromatic carbocycles. The summed E-state index contributed by atoms with van der Waals surface area (Å²) < 4.78 is 26.8. The number of carbonyl (C=O) groups is 2. The molecule has 1 N–H and O–H groups in total. The summed E-state index contributed by atoms with van der Waals surface area (Å²) in [4.78, 5) is 26.6. The summed E-state index contributed by atoms with van der Waals surface area (Å²) in [5.41, 5.74) is 0. The van der Waals surface area contributed by atoms with E-state index in [0.717, 1.165) is 0 Å². The highest BCUT2D eigenvalue weighted by Gasteiger charge is 2.30. The Kier molecular flexibility index (Phi) is 5.81. The average molecular weight is 401 g/mol. The molecule has 1 aromatic rings. The number of amides is 3. The lowest BCUT2D eigenvalue weighted by molar-refractivity contribution is -0.125. The predicted molar refractivity (Wildman–Crippen MR) is 96.4 cm³/mol. The second-order valence-corrected chi connectivity index (χ2v) is 8.63. The van der Waals surface area contributed by atoms with E-state index in [1.165, 1.54) is 21.3 Å². The fourth-order valence-corrected chi connectivity index (χ4v) is 4.63. The van der Waals surface area contributed by atoms with Gasteiger partial charge < -0.3 is 10.2 Å². The molecule has 0 spiro atoms. The number of nitrogens with zero attached hydrogens (tertiary/aromatic N) is 3. The highest BCUT2D eigenvalue weighted by molar-refractivity contribution is 7.89. The topological polar surface area (TPSA) is 90.0 Å². The minimum Gasteiger partial charge on any atom is -0.329 e. The van der Waals surface area contributed by atoms with Crippen LogP contribution in [0.25, 0.3) is 0 Å². The highest BCUT2D eigenvalue weighted by atomic mass is 35.5. The zero-order valence-electron chi connectivity index (χ0n) is 14.2. The molecule has 26 heavy (non-hydrogen) atoms. The smallest absolute Gasteiger partial charge is 0.324 e. The Balaban J connectivity index is 1.47. The number of hydrogen-bond donors (Lipinski definition) is 1. The Morgan fingerprint density at radius 1 is 1.00 bits per heavy atom. The molecule has 8 nitrogen and oxygen atoms in total. The van der Waals surface area contributed by atoms with Crippen molar-refractivity contribution in [2.75, 3.05) is 45.8 Å². The molecule has 0 unspecified atom stereocenters. The first-order valence-electron chi connectivity index (χ1n) is 8.44. The third kappa shape index (κ3) is 4.17. The molecule has 0 aromatic heterocycles. The number of imide groups is 1. The largest absolute Gasteiger partial charge is 0.329 e. The number of rotatable bonds is 6. The minimum atomic E-state index is -3.51. The number of carbonyl (C=O) groups excluding carboxylic acids is 2. The van der Waals surface area contributed by atoms with Crippen molar-refractivity contribution in [3.63, 3.8) is 0 Å². The van der Waals surface area contributed by atoms with E-state index in [0.29, 0.717) is 50.7 Å². The Bertz CT molecular complexity index is 760. The summed E-state index contributed by atoms with van der Waals surface area (Å²) in [6, 6.07) is 5.83. The molecule has 0 bridgehead atoms. The van der Waals surface area contributed by atoms with Gasteiger partial charge in [0, 0.05) is 37.7 Å². The van der Waals surface area contributed by atoms with E-state index < -0.39 is 10.0 Å². The fraction of sp³-hybridized carbons (Fsp3) is 0.500. The van der Waals surface area contributed by atoms with Crippen LogP contribution in [0.5, 0.6) is 0 Å². The molecule has 2 aliphatic rings. The number of benzene rings is 1. The zero-order chi connectivity index (χ0) is 18.7. The first-order chi connectivity index (χ1) is 12.4. The normalized spacial score (nSPS) is 19.8. The van der Waals surface area contributed by atoms with Gasteiger partial charge in [-0.25, -0.2) is 13.2 Å². The summed E-state index contributed by atoms with van der Waals surface area (Å²) in [6.07, 6.45) is 0.670. The molecular weight excluding hydrogens is 380 g/mol. The molecule has 142 valence electrons. The first-order valence-corrected chi connectivity index (χ1v) is 10.3. The lowest BCUT2D eigenvalue weighted by Gasteiger charge is -2.34. The maximum atomic E-state index is 12.6. The van der Waals surface area contributed by atoms with Gasteiger partial charge in [0.05, 0.1) is 11.4 Å². The number of piperazine rings is 1. The molecule has 2 fully saturated rings. The highest BCUT2D eigenvalue weighted by Crippen LogP contribution is 2.20. The Morgan fingerprint density at radius 2 is 1.65 bits per heavy atom. The fourth-order valence-electron chi connectivity index (χ4n) is 3.08. The number of urea groups is 1. The molecule has 2 saturated heterocycles. The van der Waals surface area contributed by atoms with Crippen molar-refractivity contribution < 1.29 is 18.0 Å². The van der Waals surface area contributed by atoms with Crippen LogP contribution in [-0.2, 0) is 14.8 Å². The number of nitrogens with one attached hydrogen (secondary N) is 1. The van der Waals surface area contributed by atoms with Gasteiger partial charge in [-0.15, -0.1) is 0 Å². The van der Waals surface area contributed by atoms with Crippen LogP contribution in [0.3, 0.4) is 0 Å². The summed E-state index contributed by atoms with van der Waals surface area (Å²) in [5.74, 6) is -0.200. The van der Waals surface area contributed by atoms with Gasteiger partial charge in [0.15, 0.2) is 0 Å². The monoisotopic (exact) mass is 400 g/mol. The standard InChI is InChI=1S/C16H21ClN4O4S/c17-13-2-4-14(5-3-13)26(24,25)20-10-8-19(9-11-20)6-1-7-21-15(22)12-18-16(21)23/h2-5H,1,6-12H2,(H,18,23). The molecule has 0 saturated carbocycles. The Morgan fingerprint density at radius 3 is 2.23 bits per heavy atom. The van der Waals surface area contributed by atoms with Gasteiger partial charge in [-0.2, -0.15) is 4.31 Å². The molecule has 0 radical (unpaired) electrons. The van der Waals surface area contributed by atoms with Gasteiger partial charge in [-0.05, 0) is 37.2 Å². The Hall–Kier alpha value is -1.68. The van der Waals surface area contributed by atoms with Crippen LogP contribution < -0.4 is 5.32 Å². The summed E-state index contributed by atoms with van der Waals surface area (Å²) in [5, 5.41) is 2.99. The van der Waals surface area contributed by atoms with E-state index in [9.17, 15) is 18.0 Å². The summed E-state index contributed by atoms with van der Waals surface area (Å²) in [6.45, 7) is 3.22. The molecule has 3 amide bonds. The minimum absolute atomic E-state index is 0.0695.